The maximum Gasteiger partial charge on any atom is 0.146 e. The van der Waals surface area contributed by atoms with Crippen LogP contribution in [-0.2, 0) is 21.7 Å². The Balaban J connectivity index is 1.37. The molecular formula is C57H56N4. The van der Waals surface area contributed by atoms with Crippen LogP contribution in [-0.4, -0.2) is 13.8 Å². The number of rotatable bonds is 3. The van der Waals surface area contributed by atoms with Crippen molar-refractivity contribution >= 4 is 93.5 Å². The standard InChI is InChI=1S/C57H56N4/c1-54(2,3)33-23-24-46-39(25-33)40-26-35(56(7,8)9)30-45-49-47(60(46)51(40)45)32-44-43-28-34(55(4,5)6)27-41-42-29-36(57(10,11)12)31-48(52(42)61(50(41)43)53(44)58-49)59(37-19-15-13-16-20-37)38-21-17-14-18-22-38/h13-32H,1-12H3. The molecule has 11 rings (SSSR count). The largest absolute Gasteiger partial charge is 0.308 e. The third-order valence-electron chi connectivity index (χ3n) is 13.5. The molecule has 61 heavy (non-hydrogen) atoms. The minimum absolute atomic E-state index is 0.0411. The Bertz CT molecular complexity index is 3500. The Morgan fingerprint density at radius 3 is 1.36 bits per heavy atom. The quantitative estimate of drug-likeness (QED) is 0.178. The van der Waals surface area contributed by atoms with Gasteiger partial charge in [-0.3, -0.25) is 4.40 Å². The van der Waals surface area contributed by atoms with Crippen LogP contribution in [0, 0.1) is 0 Å². The number of nitrogens with zero attached hydrogens (tertiary/aromatic N) is 4. The SMILES string of the molecule is CC(C)(C)c1ccc2c(c1)c1cc(C(C)(C)C)cc3c4nc5c(cc4n2c13)c1cc(C(C)(C)C)cc2c3cc(C(C)(C)C)cc(N(c4ccccc4)c4ccccc4)c3n5c12. The van der Waals surface area contributed by atoms with E-state index in [0.717, 1.165) is 33.7 Å². The van der Waals surface area contributed by atoms with Gasteiger partial charge in [0.05, 0.1) is 38.8 Å². The zero-order chi connectivity index (χ0) is 42.7. The highest BCUT2D eigenvalue weighted by Crippen LogP contribution is 2.50. The summed E-state index contributed by atoms with van der Waals surface area (Å²) in [7, 11) is 0. The first kappa shape index (κ1) is 37.8. The Hall–Kier alpha value is -6.13. The molecule has 0 saturated heterocycles. The van der Waals surface area contributed by atoms with Gasteiger partial charge in [-0.15, -0.1) is 0 Å². The van der Waals surface area contributed by atoms with Crippen LogP contribution < -0.4 is 4.90 Å². The molecule has 11 aromatic rings. The van der Waals surface area contributed by atoms with Gasteiger partial charge in [-0.2, -0.15) is 0 Å². The average molecular weight is 797 g/mol. The van der Waals surface area contributed by atoms with Gasteiger partial charge in [0.1, 0.15) is 5.65 Å². The highest BCUT2D eigenvalue weighted by molar-refractivity contribution is 6.28. The molecule has 0 radical (unpaired) electrons. The van der Waals surface area contributed by atoms with Crippen molar-refractivity contribution in [2.75, 3.05) is 4.90 Å². The lowest BCUT2D eigenvalue weighted by Gasteiger charge is -2.29. The van der Waals surface area contributed by atoms with E-state index in [1.54, 1.807) is 0 Å². The van der Waals surface area contributed by atoms with E-state index in [4.69, 9.17) is 4.98 Å². The molecule has 4 heteroatoms. The third kappa shape index (κ3) is 5.46. The van der Waals surface area contributed by atoms with Crippen molar-refractivity contribution < 1.29 is 0 Å². The van der Waals surface area contributed by atoms with E-state index in [0.29, 0.717) is 0 Å². The fourth-order valence-corrected chi connectivity index (χ4v) is 10.00. The molecule has 6 aromatic carbocycles. The van der Waals surface area contributed by atoms with Gasteiger partial charge in [0.2, 0.25) is 0 Å². The van der Waals surface area contributed by atoms with Gasteiger partial charge in [0.15, 0.2) is 0 Å². The molecule has 0 saturated carbocycles. The minimum Gasteiger partial charge on any atom is -0.308 e. The van der Waals surface area contributed by atoms with Crippen LogP contribution in [0.5, 0.6) is 0 Å². The highest BCUT2D eigenvalue weighted by Gasteiger charge is 2.31. The molecule has 5 aromatic heterocycles. The van der Waals surface area contributed by atoms with E-state index in [-0.39, 0.29) is 21.7 Å². The van der Waals surface area contributed by atoms with Gasteiger partial charge >= 0.3 is 0 Å². The molecule has 0 aliphatic carbocycles. The van der Waals surface area contributed by atoms with Gasteiger partial charge in [-0.1, -0.05) is 126 Å². The molecule has 0 aliphatic rings. The summed E-state index contributed by atoms with van der Waals surface area (Å²) in [6.07, 6.45) is 0. The first-order valence-corrected chi connectivity index (χ1v) is 22.1. The molecule has 0 spiro atoms. The van der Waals surface area contributed by atoms with Crippen molar-refractivity contribution in [2.45, 2.75) is 105 Å². The summed E-state index contributed by atoms with van der Waals surface area (Å²) in [6.45, 7) is 28.0. The number of hydrogen-bond donors (Lipinski definition) is 0. The maximum atomic E-state index is 5.93. The normalized spacial score (nSPS) is 13.6. The molecular weight excluding hydrogens is 741 g/mol. The summed E-state index contributed by atoms with van der Waals surface area (Å²) in [5, 5.41) is 8.83. The van der Waals surface area contributed by atoms with Gasteiger partial charge in [0, 0.05) is 49.1 Å². The molecule has 5 heterocycles. The van der Waals surface area contributed by atoms with Gasteiger partial charge in [0.25, 0.3) is 0 Å². The Kier molecular flexibility index (Phi) is 7.60. The van der Waals surface area contributed by atoms with E-state index >= 15 is 0 Å². The molecule has 0 fully saturated rings. The van der Waals surface area contributed by atoms with Crippen LogP contribution in [0.4, 0.5) is 17.1 Å². The van der Waals surface area contributed by atoms with Crippen molar-refractivity contribution in [3.05, 3.63) is 144 Å². The number of pyridine rings is 1. The van der Waals surface area contributed by atoms with E-state index in [2.05, 4.69) is 218 Å². The van der Waals surface area contributed by atoms with E-state index in [1.807, 2.05) is 0 Å². The van der Waals surface area contributed by atoms with Crippen molar-refractivity contribution in [3.8, 4) is 0 Å². The topological polar surface area (TPSA) is 24.9 Å². The number of fused-ring (bicyclic) bond motifs is 12. The first-order valence-electron chi connectivity index (χ1n) is 22.1. The second kappa shape index (κ2) is 12.3. The zero-order valence-electron chi connectivity index (χ0n) is 37.8. The lowest BCUT2D eigenvalue weighted by molar-refractivity contribution is 0.590. The third-order valence-corrected chi connectivity index (χ3v) is 13.5. The van der Waals surface area contributed by atoms with Crippen LogP contribution in [0.25, 0.3) is 76.5 Å². The lowest BCUT2D eigenvalue weighted by Crippen LogP contribution is -2.15. The maximum absolute atomic E-state index is 5.93. The van der Waals surface area contributed by atoms with E-state index in [9.17, 15) is 0 Å². The molecule has 0 N–H and O–H groups in total. The second-order valence-electron chi connectivity index (χ2n) is 21.9. The van der Waals surface area contributed by atoms with E-state index < -0.39 is 0 Å². The predicted octanol–water partition coefficient (Wildman–Crippen LogP) is 16.0. The summed E-state index contributed by atoms with van der Waals surface area (Å²) in [4.78, 5) is 8.38. The molecule has 0 unspecified atom stereocenters. The van der Waals surface area contributed by atoms with Crippen LogP contribution in [0.15, 0.2) is 121 Å². The van der Waals surface area contributed by atoms with E-state index in [1.165, 1.54) is 82.0 Å². The summed E-state index contributed by atoms with van der Waals surface area (Å²) in [6, 6.07) is 46.1. The van der Waals surface area contributed by atoms with Crippen molar-refractivity contribution in [1.29, 1.82) is 0 Å². The average Bonchev–Trinajstić information content (AvgIpc) is 3.92. The summed E-state index contributed by atoms with van der Waals surface area (Å²) in [5.41, 5.74) is 16.7. The highest BCUT2D eigenvalue weighted by atomic mass is 15.2. The van der Waals surface area contributed by atoms with Crippen LogP contribution in [0.2, 0.25) is 0 Å². The van der Waals surface area contributed by atoms with Gasteiger partial charge in [-0.25, -0.2) is 4.98 Å². The molecule has 4 nitrogen and oxygen atoms in total. The zero-order valence-corrected chi connectivity index (χ0v) is 37.8. The summed E-state index contributed by atoms with van der Waals surface area (Å²) < 4.78 is 5.04. The molecule has 0 aliphatic heterocycles. The molecule has 0 bridgehead atoms. The number of para-hydroxylation sites is 2. The smallest absolute Gasteiger partial charge is 0.146 e. The Morgan fingerprint density at radius 1 is 0.377 bits per heavy atom. The summed E-state index contributed by atoms with van der Waals surface area (Å²) in [5.74, 6) is 0. The van der Waals surface area contributed by atoms with Crippen LogP contribution >= 0.6 is 0 Å². The van der Waals surface area contributed by atoms with Gasteiger partial charge < -0.3 is 9.30 Å². The van der Waals surface area contributed by atoms with Gasteiger partial charge in [-0.05, 0) is 123 Å². The summed E-state index contributed by atoms with van der Waals surface area (Å²) >= 11 is 0. The lowest BCUT2D eigenvalue weighted by atomic mass is 9.84. The van der Waals surface area contributed by atoms with Crippen molar-refractivity contribution in [1.82, 2.24) is 13.8 Å². The fourth-order valence-electron chi connectivity index (χ4n) is 10.00. The van der Waals surface area contributed by atoms with Crippen molar-refractivity contribution in [3.63, 3.8) is 0 Å². The minimum atomic E-state index is -0.0880. The number of anilines is 3. The number of aromatic nitrogens is 3. The molecule has 0 atom stereocenters. The Labute approximate surface area is 359 Å². The monoisotopic (exact) mass is 796 g/mol. The van der Waals surface area contributed by atoms with Crippen molar-refractivity contribution in [2.24, 2.45) is 0 Å². The first-order chi connectivity index (χ1) is 28.8. The predicted molar refractivity (Wildman–Crippen MR) is 263 cm³/mol. The number of benzene rings is 6. The van der Waals surface area contributed by atoms with Crippen LogP contribution in [0.3, 0.4) is 0 Å². The number of hydrogen-bond acceptors (Lipinski definition) is 2. The second-order valence-corrected chi connectivity index (χ2v) is 21.9. The Morgan fingerprint density at radius 2 is 0.820 bits per heavy atom. The molecule has 304 valence electrons. The fraction of sp³-hybridized carbons (Fsp3) is 0.281. The molecule has 0 amide bonds. The van der Waals surface area contributed by atoms with Crippen LogP contribution in [0.1, 0.15) is 105 Å².